The Morgan fingerprint density at radius 1 is 1.33 bits per heavy atom. The summed E-state index contributed by atoms with van der Waals surface area (Å²) in [5, 5.41) is 0. The summed E-state index contributed by atoms with van der Waals surface area (Å²) in [7, 11) is 1.74. The Balaban J connectivity index is 1.55. The number of ether oxygens (including phenoxy) is 2. The number of nitrogens with two attached hydrogens (primary N) is 1. The Hall–Kier alpha value is -1.59. The second-order valence-corrected chi connectivity index (χ2v) is 5.54. The first-order valence-electron chi connectivity index (χ1n) is 7.44. The van der Waals surface area contributed by atoms with E-state index in [0.717, 1.165) is 24.8 Å². The van der Waals surface area contributed by atoms with Crippen LogP contribution in [0.15, 0.2) is 30.3 Å². The molecule has 0 atom stereocenters. The number of carbonyl (C=O) groups is 1. The molecule has 2 rings (SSSR count). The predicted octanol–water partition coefficient (Wildman–Crippen LogP) is 2.15. The first-order valence-corrected chi connectivity index (χ1v) is 7.44. The molecule has 1 amide bonds. The molecule has 21 heavy (non-hydrogen) atoms. The maximum Gasteiger partial charge on any atom is 0.409 e. The van der Waals surface area contributed by atoms with E-state index in [1.807, 2.05) is 30.3 Å². The molecule has 0 unspecified atom stereocenters. The van der Waals surface area contributed by atoms with Gasteiger partial charge in [0.2, 0.25) is 0 Å². The molecule has 0 radical (unpaired) electrons. The summed E-state index contributed by atoms with van der Waals surface area (Å²) in [6, 6.07) is 9.97. The van der Waals surface area contributed by atoms with Gasteiger partial charge in [0.1, 0.15) is 6.61 Å². The summed E-state index contributed by atoms with van der Waals surface area (Å²) in [5.74, 6) is 0. The lowest BCUT2D eigenvalue weighted by atomic mass is 9.90. The molecule has 5 heteroatoms. The molecular formula is C16H24N2O3. The van der Waals surface area contributed by atoms with Crippen LogP contribution in [-0.4, -0.2) is 43.3 Å². The molecule has 0 saturated heterocycles. The van der Waals surface area contributed by atoms with Crippen LogP contribution in [0.2, 0.25) is 0 Å². The summed E-state index contributed by atoms with van der Waals surface area (Å²) >= 11 is 0. The van der Waals surface area contributed by atoms with E-state index in [9.17, 15) is 4.79 Å². The van der Waals surface area contributed by atoms with E-state index in [-0.39, 0.29) is 6.09 Å². The van der Waals surface area contributed by atoms with E-state index in [0.29, 0.717) is 31.9 Å². The number of amides is 1. The Morgan fingerprint density at radius 2 is 2.05 bits per heavy atom. The molecule has 116 valence electrons. The molecule has 1 aliphatic rings. The molecule has 1 aromatic rings. The van der Waals surface area contributed by atoms with Crippen LogP contribution in [0.25, 0.3) is 0 Å². The van der Waals surface area contributed by atoms with Crippen LogP contribution < -0.4 is 5.73 Å². The Bertz CT molecular complexity index is 432. The van der Waals surface area contributed by atoms with Gasteiger partial charge in [0.05, 0.1) is 6.10 Å². The smallest absolute Gasteiger partial charge is 0.409 e. The zero-order valence-corrected chi connectivity index (χ0v) is 12.5. The Morgan fingerprint density at radius 3 is 2.71 bits per heavy atom. The Labute approximate surface area is 126 Å². The van der Waals surface area contributed by atoms with E-state index >= 15 is 0 Å². The van der Waals surface area contributed by atoms with E-state index in [1.165, 1.54) is 0 Å². The normalized spacial score (nSPS) is 20.7. The largest absolute Gasteiger partial charge is 0.445 e. The van der Waals surface area contributed by atoms with Crippen molar-refractivity contribution in [1.29, 1.82) is 0 Å². The number of rotatable bonds is 7. The minimum absolute atomic E-state index is 0.301. The molecule has 2 N–H and O–H groups in total. The molecule has 0 aromatic heterocycles. The molecule has 1 fully saturated rings. The maximum atomic E-state index is 11.8. The number of nitrogens with zero attached hydrogens (tertiary/aromatic N) is 1. The third kappa shape index (κ3) is 5.36. The van der Waals surface area contributed by atoms with Gasteiger partial charge in [-0.3, -0.25) is 0 Å². The van der Waals surface area contributed by atoms with Gasteiger partial charge in [-0.1, -0.05) is 30.3 Å². The molecule has 5 nitrogen and oxygen atoms in total. The van der Waals surface area contributed by atoms with Crippen molar-refractivity contribution in [3.63, 3.8) is 0 Å². The summed E-state index contributed by atoms with van der Waals surface area (Å²) in [6.07, 6.45) is 2.73. The Kier molecular flexibility index (Phi) is 6.02. The second-order valence-electron chi connectivity index (χ2n) is 5.54. The van der Waals surface area contributed by atoms with Crippen molar-refractivity contribution in [2.24, 2.45) is 5.73 Å². The third-order valence-electron chi connectivity index (χ3n) is 3.64. The van der Waals surface area contributed by atoms with Gasteiger partial charge in [-0.05, 0) is 24.8 Å². The van der Waals surface area contributed by atoms with Gasteiger partial charge in [-0.15, -0.1) is 0 Å². The minimum Gasteiger partial charge on any atom is -0.445 e. The topological polar surface area (TPSA) is 64.8 Å². The van der Waals surface area contributed by atoms with Gasteiger partial charge in [0.25, 0.3) is 0 Å². The number of benzene rings is 1. The SMILES string of the molecule is CN(CCCOC1CC(N)C1)C(=O)OCc1ccccc1. The van der Waals surface area contributed by atoms with Gasteiger partial charge in [-0.25, -0.2) is 4.79 Å². The van der Waals surface area contributed by atoms with E-state index < -0.39 is 0 Å². The lowest BCUT2D eigenvalue weighted by Gasteiger charge is -2.32. The fourth-order valence-corrected chi connectivity index (χ4v) is 2.21. The van der Waals surface area contributed by atoms with Gasteiger partial charge < -0.3 is 20.1 Å². The van der Waals surface area contributed by atoms with E-state index in [4.69, 9.17) is 15.2 Å². The van der Waals surface area contributed by atoms with Crippen molar-refractivity contribution in [3.8, 4) is 0 Å². The molecule has 1 aromatic carbocycles. The monoisotopic (exact) mass is 292 g/mol. The van der Waals surface area contributed by atoms with Crippen LogP contribution in [0.5, 0.6) is 0 Å². The first-order chi connectivity index (χ1) is 10.1. The van der Waals surface area contributed by atoms with Crippen molar-refractivity contribution in [3.05, 3.63) is 35.9 Å². The molecule has 0 bridgehead atoms. The van der Waals surface area contributed by atoms with Crippen LogP contribution in [0.1, 0.15) is 24.8 Å². The number of carbonyl (C=O) groups excluding carboxylic acids is 1. The van der Waals surface area contributed by atoms with Crippen LogP contribution in [0.3, 0.4) is 0 Å². The van der Waals surface area contributed by atoms with Gasteiger partial charge in [0.15, 0.2) is 0 Å². The van der Waals surface area contributed by atoms with Crippen LogP contribution in [0.4, 0.5) is 4.79 Å². The first kappa shape index (κ1) is 15.8. The fourth-order valence-electron chi connectivity index (χ4n) is 2.21. The molecule has 0 heterocycles. The second kappa shape index (κ2) is 8.00. The lowest BCUT2D eigenvalue weighted by Crippen LogP contribution is -2.42. The zero-order chi connectivity index (χ0) is 15.1. The van der Waals surface area contributed by atoms with E-state index in [1.54, 1.807) is 11.9 Å². The van der Waals surface area contributed by atoms with Crippen molar-refractivity contribution >= 4 is 6.09 Å². The highest BCUT2D eigenvalue weighted by Crippen LogP contribution is 2.21. The standard InChI is InChI=1S/C16H24N2O3/c1-18(8-5-9-20-15-10-14(17)11-15)16(19)21-12-13-6-3-2-4-7-13/h2-4,6-7,14-15H,5,8-12,17H2,1H3. The predicted molar refractivity (Wildman–Crippen MR) is 80.8 cm³/mol. The van der Waals surface area contributed by atoms with Crippen molar-refractivity contribution in [2.45, 2.75) is 38.0 Å². The summed E-state index contributed by atoms with van der Waals surface area (Å²) < 4.78 is 10.9. The van der Waals surface area contributed by atoms with Crippen LogP contribution in [0, 0.1) is 0 Å². The van der Waals surface area contributed by atoms with Crippen LogP contribution >= 0.6 is 0 Å². The van der Waals surface area contributed by atoms with Gasteiger partial charge >= 0.3 is 6.09 Å². The number of hydrogen-bond donors (Lipinski definition) is 1. The lowest BCUT2D eigenvalue weighted by molar-refractivity contribution is -0.0112. The highest BCUT2D eigenvalue weighted by Gasteiger charge is 2.26. The molecule has 1 aliphatic carbocycles. The number of hydrogen-bond acceptors (Lipinski definition) is 4. The quantitative estimate of drug-likeness (QED) is 0.782. The molecule has 0 spiro atoms. The molecule has 0 aliphatic heterocycles. The fraction of sp³-hybridized carbons (Fsp3) is 0.562. The van der Waals surface area contributed by atoms with Gasteiger partial charge in [-0.2, -0.15) is 0 Å². The molecule has 1 saturated carbocycles. The van der Waals surface area contributed by atoms with Crippen molar-refractivity contribution in [1.82, 2.24) is 4.90 Å². The van der Waals surface area contributed by atoms with Crippen LogP contribution in [-0.2, 0) is 16.1 Å². The van der Waals surface area contributed by atoms with Gasteiger partial charge in [0, 0.05) is 26.2 Å². The summed E-state index contributed by atoms with van der Waals surface area (Å²) in [5.41, 5.74) is 6.68. The third-order valence-corrected chi connectivity index (χ3v) is 3.64. The summed E-state index contributed by atoms with van der Waals surface area (Å²) in [6.45, 7) is 1.60. The van der Waals surface area contributed by atoms with Crippen molar-refractivity contribution in [2.75, 3.05) is 20.2 Å². The highest BCUT2D eigenvalue weighted by atomic mass is 16.6. The van der Waals surface area contributed by atoms with Crippen molar-refractivity contribution < 1.29 is 14.3 Å². The summed E-state index contributed by atoms with van der Waals surface area (Å²) in [4.78, 5) is 13.4. The zero-order valence-electron chi connectivity index (χ0n) is 12.5. The minimum atomic E-state index is -0.301. The van der Waals surface area contributed by atoms with E-state index in [2.05, 4.69) is 0 Å². The highest BCUT2D eigenvalue weighted by molar-refractivity contribution is 5.67. The maximum absolute atomic E-state index is 11.8. The average molecular weight is 292 g/mol. The average Bonchev–Trinajstić information content (AvgIpc) is 2.47. The molecular weight excluding hydrogens is 268 g/mol.